The molecule has 0 bridgehead atoms. The highest BCUT2D eigenvalue weighted by Crippen LogP contribution is 2.25. The Bertz CT molecular complexity index is 366. The van der Waals surface area contributed by atoms with E-state index in [4.69, 9.17) is 0 Å². The molecule has 0 aliphatic carbocycles. The van der Waals surface area contributed by atoms with E-state index in [1.807, 2.05) is 0 Å². The number of methoxy groups -OCH3 is 1. The first-order valence-electron chi connectivity index (χ1n) is 3.86. The van der Waals surface area contributed by atoms with E-state index in [1.54, 1.807) is 0 Å². The SMILES string of the molecule is COc1ccc(NC(C)=O)c(F)c1F. The maximum Gasteiger partial charge on any atom is 0.221 e. The van der Waals surface area contributed by atoms with Crippen molar-refractivity contribution in [2.75, 3.05) is 12.4 Å². The number of anilines is 1. The largest absolute Gasteiger partial charge is 0.494 e. The molecule has 5 heteroatoms. The number of rotatable bonds is 2. The van der Waals surface area contributed by atoms with Crippen LogP contribution in [0, 0.1) is 11.6 Å². The van der Waals surface area contributed by atoms with Crippen LogP contribution in [0.2, 0.25) is 0 Å². The summed E-state index contributed by atoms with van der Waals surface area (Å²) in [6.07, 6.45) is 0. The molecule has 0 heterocycles. The standard InChI is InChI=1S/C9H9F2NO2/c1-5(13)12-6-3-4-7(14-2)9(11)8(6)10/h3-4H,1-2H3,(H,12,13). The number of amides is 1. The van der Waals surface area contributed by atoms with Crippen molar-refractivity contribution in [2.45, 2.75) is 6.92 Å². The Morgan fingerprint density at radius 1 is 1.36 bits per heavy atom. The first-order chi connectivity index (χ1) is 6.56. The van der Waals surface area contributed by atoms with Crippen LogP contribution in [0.1, 0.15) is 6.92 Å². The highest BCUT2D eigenvalue weighted by molar-refractivity contribution is 5.88. The van der Waals surface area contributed by atoms with Gasteiger partial charge >= 0.3 is 0 Å². The lowest BCUT2D eigenvalue weighted by atomic mass is 10.2. The molecular formula is C9H9F2NO2. The number of carbonyl (C=O) groups is 1. The van der Waals surface area contributed by atoms with E-state index in [0.29, 0.717) is 0 Å². The van der Waals surface area contributed by atoms with Crippen molar-refractivity contribution in [1.29, 1.82) is 0 Å². The van der Waals surface area contributed by atoms with Crippen molar-refractivity contribution in [2.24, 2.45) is 0 Å². The van der Waals surface area contributed by atoms with Crippen LogP contribution >= 0.6 is 0 Å². The smallest absolute Gasteiger partial charge is 0.221 e. The number of ether oxygens (including phenoxy) is 1. The molecular weight excluding hydrogens is 192 g/mol. The minimum absolute atomic E-state index is 0.198. The van der Waals surface area contributed by atoms with Crippen LogP contribution in [0.15, 0.2) is 12.1 Å². The van der Waals surface area contributed by atoms with Gasteiger partial charge in [-0.25, -0.2) is 4.39 Å². The Kier molecular flexibility index (Phi) is 3.01. The molecule has 0 fully saturated rings. The molecule has 76 valence electrons. The number of benzene rings is 1. The van der Waals surface area contributed by atoms with E-state index in [0.717, 1.165) is 0 Å². The van der Waals surface area contributed by atoms with Crippen LogP contribution in [-0.4, -0.2) is 13.0 Å². The average molecular weight is 201 g/mol. The van der Waals surface area contributed by atoms with Gasteiger partial charge in [0.15, 0.2) is 11.6 Å². The van der Waals surface area contributed by atoms with E-state index in [1.165, 1.54) is 26.2 Å². The second-order valence-electron chi connectivity index (χ2n) is 2.62. The van der Waals surface area contributed by atoms with Gasteiger partial charge in [0.05, 0.1) is 12.8 Å². The average Bonchev–Trinajstić information content (AvgIpc) is 2.13. The van der Waals surface area contributed by atoms with Gasteiger partial charge in [-0.3, -0.25) is 4.79 Å². The Labute approximate surface area is 79.7 Å². The number of carbonyl (C=O) groups excluding carboxylic acids is 1. The molecule has 0 spiro atoms. The first kappa shape index (κ1) is 10.4. The summed E-state index contributed by atoms with van der Waals surface area (Å²) in [5.74, 6) is -2.90. The fourth-order valence-electron chi connectivity index (χ4n) is 0.976. The molecule has 3 nitrogen and oxygen atoms in total. The van der Waals surface area contributed by atoms with Crippen molar-refractivity contribution in [1.82, 2.24) is 0 Å². The lowest BCUT2D eigenvalue weighted by Gasteiger charge is -2.07. The summed E-state index contributed by atoms with van der Waals surface area (Å²) in [6, 6.07) is 2.47. The van der Waals surface area contributed by atoms with Crippen molar-refractivity contribution in [3.05, 3.63) is 23.8 Å². The molecule has 0 radical (unpaired) electrons. The summed E-state index contributed by atoms with van der Waals surface area (Å²) >= 11 is 0. The highest BCUT2D eigenvalue weighted by atomic mass is 19.2. The minimum Gasteiger partial charge on any atom is -0.494 e. The summed E-state index contributed by atoms with van der Waals surface area (Å²) in [5, 5.41) is 2.16. The normalized spacial score (nSPS) is 9.71. The monoisotopic (exact) mass is 201 g/mol. The Hall–Kier alpha value is -1.65. The van der Waals surface area contributed by atoms with Gasteiger partial charge in [-0.2, -0.15) is 4.39 Å². The summed E-state index contributed by atoms with van der Waals surface area (Å²) in [5.41, 5.74) is -0.198. The summed E-state index contributed by atoms with van der Waals surface area (Å²) in [7, 11) is 1.23. The van der Waals surface area contributed by atoms with E-state index in [9.17, 15) is 13.6 Å². The van der Waals surface area contributed by atoms with E-state index in [-0.39, 0.29) is 11.4 Å². The molecule has 14 heavy (non-hydrogen) atoms. The Balaban J connectivity index is 3.10. The zero-order valence-electron chi connectivity index (χ0n) is 7.73. The van der Waals surface area contributed by atoms with Crippen LogP contribution in [-0.2, 0) is 4.79 Å². The zero-order chi connectivity index (χ0) is 10.7. The molecule has 0 aliphatic rings. The lowest BCUT2D eigenvalue weighted by molar-refractivity contribution is -0.114. The maximum atomic E-state index is 13.1. The Morgan fingerprint density at radius 2 is 2.00 bits per heavy atom. The van der Waals surface area contributed by atoms with Gasteiger partial charge in [-0.1, -0.05) is 0 Å². The highest BCUT2D eigenvalue weighted by Gasteiger charge is 2.14. The number of hydrogen-bond donors (Lipinski definition) is 1. The lowest BCUT2D eigenvalue weighted by Crippen LogP contribution is -2.08. The third kappa shape index (κ3) is 1.99. The molecule has 1 rings (SSSR count). The minimum atomic E-state index is -1.13. The summed E-state index contributed by atoms with van der Waals surface area (Å²) in [6.45, 7) is 1.21. The summed E-state index contributed by atoms with van der Waals surface area (Å²) < 4.78 is 30.8. The third-order valence-electron chi connectivity index (χ3n) is 1.58. The first-order valence-corrected chi connectivity index (χ1v) is 3.86. The van der Waals surface area contributed by atoms with Crippen LogP contribution in [0.3, 0.4) is 0 Å². The molecule has 0 saturated carbocycles. The molecule has 0 aliphatic heterocycles. The number of hydrogen-bond acceptors (Lipinski definition) is 2. The number of nitrogens with one attached hydrogen (secondary N) is 1. The van der Waals surface area contributed by atoms with Crippen molar-refractivity contribution in [3.63, 3.8) is 0 Å². The molecule has 1 aromatic rings. The van der Waals surface area contributed by atoms with Gasteiger partial charge in [0.2, 0.25) is 11.7 Å². The van der Waals surface area contributed by atoms with Gasteiger partial charge in [0.25, 0.3) is 0 Å². The van der Waals surface area contributed by atoms with Gasteiger partial charge in [-0.15, -0.1) is 0 Å². The van der Waals surface area contributed by atoms with Crippen LogP contribution in [0.4, 0.5) is 14.5 Å². The van der Waals surface area contributed by atoms with Gasteiger partial charge in [0.1, 0.15) is 0 Å². The second-order valence-corrected chi connectivity index (χ2v) is 2.62. The van der Waals surface area contributed by atoms with E-state index >= 15 is 0 Å². The van der Waals surface area contributed by atoms with Gasteiger partial charge in [-0.05, 0) is 12.1 Å². The van der Waals surface area contributed by atoms with Gasteiger partial charge < -0.3 is 10.1 Å². The molecule has 0 saturated heterocycles. The second kappa shape index (κ2) is 4.04. The molecule has 1 amide bonds. The van der Waals surface area contributed by atoms with Crippen molar-refractivity contribution >= 4 is 11.6 Å². The fourth-order valence-corrected chi connectivity index (χ4v) is 0.976. The quantitative estimate of drug-likeness (QED) is 0.793. The molecule has 1 aromatic carbocycles. The molecule has 0 aromatic heterocycles. The van der Waals surface area contributed by atoms with E-state index in [2.05, 4.69) is 10.1 Å². The predicted octanol–water partition coefficient (Wildman–Crippen LogP) is 1.93. The van der Waals surface area contributed by atoms with Gasteiger partial charge in [0, 0.05) is 6.92 Å². The Morgan fingerprint density at radius 3 is 2.50 bits per heavy atom. The van der Waals surface area contributed by atoms with Crippen molar-refractivity contribution in [3.8, 4) is 5.75 Å². The van der Waals surface area contributed by atoms with Crippen LogP contribution < -0.4 is 10.1 Å². The zero-order valence-corrected chi connectivity index (χ0v) is 7.73. The number of halogens is 2. The van der Waals surface area contributed by atoms with Crippen molar-refractivity contribution < 1.29 is 18.3 Å². The molecule has 1 N–H and O–H groups in total. The molecule has 0 unspecified atom stereocenters. The third-order valence-corrected chi connectivity index (χ3v) is 1.58. The predicted molar refractivity (Wildman–Crippen MR) is 47.2 cm³/mol. The fraction of sp³-hybridized carbons (Fsp3) is 0.222. The van der Waals surface area contributed by atoms with E-state index < -0.39 is 17.5 Å². The maximum absolute atomic E-state index is 13.1. The molecule has 0 atom stereocenters. The van der Waals surface area contributed by atoms with Crippen LogP contribution in [0.5, 0.6) is 5.75 Å². The summed E-state index contributed by atoms with van der Waals surface area (Å²) in [4.78, 5) is 10.6. The van der Waals surface area contributed by atoms with Crippen LogP contribution in [0.25, 0.3) is 0 Å². The topological polar surface area (TPSA) is 38.3 Å².